The Bertz CT molecular complexity index is 331. The predicted molar refractivity (Wildman–Crippen MR) is 55.9 cm³/mol. The second-order valence-corrected chi connectivity index (χ2v) is 3.82. The Morgan fingerprint density at radius 1 is 1.60 bits per heavy atom. The number of ketones is 1. The maximum absolute atomic E-state index is 11.5. The molecule has 82 valence electrons. The summed E-state index contributed by atoms with van der Waals surface area (Å²) >= 11 is 1.29. The topological polar surface area (TPSA) is 63.6 Å². The van der Waals surface area contributed by atoms with Crippen molar-refractivity contribution in [2.45, 2.75) is 19.4 Å². The van der Waals surface area contributed by atoms with Crippen molar-refractivity contribution in [3.8, 4) is 0 Å². The van der Waals surface area contributed by atoms with Crippen LogP contribution in [0.5, 0.6) is 0 Å². The summed E-state index contributed by atoms with van der Waals surface area (Å²) in [5.74, 6) is -0.993. The largest absolute Gasteiger partial charge is 0.464 e. The number of hydrogen-bond donors (Lipinski definition) is 1. The lowest BCUT2D eigenvalue weighted by Gasteiger charge is -2.07. The van der Waals surface area contributed by atoms with Gasteiger partial charge in [-0.25, -0.2) is 4.79 Å². The van der Waals surface area contributed by atoms with Gasteiger partial charge in [0.2, 0.25) is 0 Å². The Morgan fingerprint density at radius 2 is 2.33 bits per heavy atom. The van der Waals surface area contributed by atoms with Crippen LogP contribution in [0.3, 0.4) is 0 Å². The van der Waals surface area contributed by atoms with E-state index >= 15 is 0 Å². The zero-order chi connectivity index (χ0) is 11.3. The van der Waals surface area contributed by atoms with Crippen LogP contribution < -0.4 is 0 Å². The van der Waals surface area contributed by atoms with Crippen molar-refractivity contribution >= 4 is 23.1 Å². The molecule has 0 fully saturated rings. The summed E-state index contributed by atoms with van der Waals surface area (Å²) < 4.78 is 4.58. The van der Waals surface area contributed by atoms with Crippen molar-refractivity contribution in [3.63, 3.8) is 0 Å². The number of esters is 1. The molecule has 1 aromatic heterocycles. The summed E-state index contributed by atoms with van der Waals surface area (Å²) in [5.41, 5.74) is 0. The minimum absolute atomic E-state index is 0.198. The first-order chi connectivity index (χ1) is 7.15. The van der Waals surface area contributed by atoms with Gasteiger partial charge in [0.1, 0.15) is 0 Å². The molecule has 0 aliphatic heterocycles. The molecular formula is C10H12O4S. The first-order valence-corrected chi connectivity index (χ1v) is 5.44. The Hall–Kier alpha value is -1.20. The van der Waals surface area contributed by atoms with E-state index in [9.17, 15) is 14.7 Å². The molecule has 1 rings (SSSR count). The highest BCUT2D eigenvalue weighted by atomic mass is 32.1. The minimum atomic E-state index is -1.36. The highest BCUT2D eigenvalue weighted by molar-refractivity contribution is 7.12. The molecule has 0 aliphatic carbocycles. The van der Waals surface area contributed by atoms with Crippen molar-refractivity contribution in [3.05, 3.63) is 22.4 Å². The van der Waals surface area contributed by atoms with Crippen LogP contribution in [0.4, 0.5) is 0 Å². The third-order valence-corrected chi connectivity index (χ3v) is 2.64. The number of ether oxygens (including phenoxy) is 1. The third-order valence-electron chi connectivity index (χ3n) is 1.73. The summed E-state index contributed by atoms with van der Waals surface area (Å²) in [4.78, 5) is 23.0. The lowest BCUT2D eigenvalue weighted by atomic mass is 10.1. The molecule has 1 heterocycles. The standard InChI is InChI=1S/C10H12O4S/c1-2-14-10(13)8(12)6-7(11)9-4-3-5-15-9/h3-5,8,12H,2,6H2,1H3/t8-/m1/s1. The number of thiophene rings is 1. The molecule has 1 atom stereocenters. The van der Waals surface area contributed by atoms with Gasteiger partial charge in [0.15, 0.2) is 11.9 Å². The predicted octanol–water partition coefficient (Wildman–Crippen LogP) is 1.24. The minimum Gasteiger partial charge on any atom is -0.464 e. The molecule has 5 heteroatoms. The maximum atomic E-state index is 11.5. The van der Waals surface area contributed by atoms with E-state index in [1.807, 2.05) is 0 Å². The SMILES string of the molecule is CCOC(=O)[C@H](O)CC(=O)c1cccs1. The lowest BCUT2D eigenvalue weighted by Crippen LogP contribution is -2.25. The average molecular weight is 228 g/mol. The number of carbonyl (C=O) groups excluding carboxylic acids is 2. The van der Waals surface area contributed by atoms with Gasteiger partial charge < -0.3 is 9.84 Å². The van der Waals surface area contributed by atoms with Gasteiger partial charge in [-0.2, -0.15) is 0 Å². The van der Waals surface area contributed by atoms with E-state index in [1.165, 1.54) is 11.3 Å². The fraction of sp³-hybridized carbons (Fsp3) is 0.400. The van der Waals surface area contributed by atoms with Gasteiger partial charge in [-0.15, -0.1) is 11.3 Å². The van der Waals surface area contributed by atoms with E-state index in [0.717, 1.165) is 0 Å². The van der Waals surface area contributed by atoms with Crippen molar-refractivity contribution in [2.24, 2.45) is 0 Å². The fourth-order valence-corrected chi connectivity index (χ4v) is 1.71. The van der Waals surface area contributed by atoms with Crippen LogP contribution in [0.25, 0.3) is 0 Å². The number of carbonyl (C=O) groups is 2. The quantitative estimate of drug-likeness (QED) is 0.608. The molecule has 0 spiro atoms. The molecule has 1 N–H and O–H groups in total. The molecule has 0 radical (unpaired) electrons. The van der Waals surface area contributed by atoms with Crippen molar-refractivity contribution < 1.29 is 19.4 Å². The summed E-state index contributed by atoms with van der Waals surface area (Å²) in [5, 5.41) is 11.1. The Balaban J connectivity index is 2.48. The number of hydrogen-bond acceptors (Lipinski definition) is 5. The molecule has 0 saturated heterocycles. The van der Waals surface area contributed by atoms with Crippen LogP contribution in [0.2, 0.25) is 0 Å². The van der Waals surface area contributed by atoms with Crippen LogP contribution >= 0.6 is 11.3 Å². The van der Waals surface area contributed by atoms with E-state index in [1.54, 1.807) is 24.4 Å². The second kappa shape index (κ2) is 5.63. The average Bonchev–Trinajstić information content (AvgIpc) is 2.70. The van der Waals surface area contributed by atoms with Gasteiger partial charge in [-0.1, -0.05) is 6.07 Å². The fourth-order valence-electron chi connectivity index (χ4n) is 1.04. The zero-order valence-electron chi connectivity index (χ0n) is 8.30. The third kappa shape index (κ3) is 3.45. The van der Waals surface area contributed by atoms with Gasteiger partial charge in [-0.3, -0.25) is 4.79 Å². The van der Waals surface area contributed by atoms with Gasteiger partial charge in [-0.05, 0) is 18.4 Å². The van der Waals surface area contributed by atoms with Crippen LogP contribution in [-0.4, -0.2) is 29.6 Å². The number of aliphatic hydroxyl groups excluding tert-OH is 1. The van der Waals surface area contributed by atoms with Crippen molar-refractivity contribution in [1.29, 1.82) is 0 Å². The van der Waals surface area contributed by atoms with Gasteiger partial charge in [0, 0.05) is 6.42 Å². The van der Waals surface area contributed by atoms with Crippen LogP contribution in [0.1, 0.15) is 23.0 Å². The van der Waals surface area contributed by atoms with Gasteiger partial charge in [0.05, 0.1) is 11.5 Å². The summed E-state index contributed by atoms with van der Waals surface area (Å²) in [6.45, 7) is 1.84. The van der Waals surface area contributed by atoms with Gasteiger partial charge in [0.25, 0.3) is 0 Å². The molecule has 0 amide bonds. The molecule has 0 aliphatic rings. The molecule has 1 aromatic rings. The van der Waals surface area contributed by atoms with Crippen LogP contribution in [0, 0.1) is 0 Å². The van der Waals surface area contributed by atoms with E-state index in [-0.39, 0.29) is 18.8 Å². The van der Waals surface area contributed by atoms with E-state index in [2.05, 4.69) is 4.74 Å². The van der Waals surface area contributed by atoms with E-state index in [4.69, 9.17) is 0 Å². The first kappa shape index (κ1) is 11.9. The molecule has 0 unspecified atom stereocenters. The molecule has 0 aromatic carbocycles. The van der Waals surface area contributed by atoms with E-state index in [0.29, 0.717) is 4.88 Å². The summed E-state index contributed by atoms with van der Waals surface area (Å²) in [6, 6.07) is 3.40. The number of Topliss-reactive ketones (excluding diaryl/α,β-unsaturated/α-hetero) is 1. The zero-order valence-corrected chi connectivity index (χ0v) is 9.12. The monoisotopic (exact) mass is 228 g/mol. The second-order valence-electron chi connectivity index (χ2n) is 2.87. The molecule has 0 bridgehead atoms. The smallest absolute Gasteiger partial charge is 0.335 e. The summed E-state index contributed by atoms with van der Waals surface area (Å²) in [6.07, 6.45) is -1.58. The van der Waals surface area contributed by atoms with Gasteiger partial charge >= 0.3 is 5.97 Å². The van der Waals surface area contributed by atoms with Crippen molar-refractivity contribution in [2.75, 3.05) is 6.61 Å². The Labute approximate surface area is 91.5 Å². The van der Waals surface area contributed by atoms with E-state index < -0.39 is 12.1 Å². The number of rotatable bonds is 5. The highest BCUT2D eigenvalue weighted by Gasteiger charge is 2.21. The Kier molecular flexibility index (Phi) is 4.45. The normalized spacial score (nSPS) is 12.1. The molecule has 0 saturated carbocycles. The Morgan fingerprint density at radius 3 is 2.87 bits per heavy atom. The molecular weight excluding hydrogens is 216 g/mol. The lowest BCUT2D eigenvalue weighted by molar-refractivity contribution is -0.152. The van der Waals surface area contributed by atoms with Crippen LogP contribution in [-0.2, 0) is 9.53 Å². The maximum Gasteiger partial charge on any atom is 0.335 e. The van der Waals surface area contributed by atoms with Crippen LogP contribution in [0.15, 0.2) is 17.5 Å². The first-order valence-electron chi connectivity index (χ1n) is 4.56. The summed E-state index contributed by atoms with van der Waals surface area (Å²) in [7, 11) is 0. The highest BCUT2D eigenvalue weighted by Crippen LogP contribution is 2.12. The molecule has 4 nitrogen and oxygen atoms in total. The van der Waals surface area contributed by atoms with Crippen molar-refractivity contribution in [1.82, 2.24) is 0 Å². The number of aliphatic hydroxyl groups is 1. The molecule has 15 heavy (non-hydrogen) atoms.